The van der Waals surface area contributed by atoms with Crippen LogP contribution in [0.2, 0.25) is 0 Å². The number of nitrogens with two attached hydrogens (primary N) is 1. The van der Waals surface area contributed by atoms with Crippen LogP contribution >= 0.6 is 0 Å². The average molecular weight is 492 g/mol. The summed E-state index contributed by atoms with van der Waals surface area (Å²) in [7, 11) is 0. The highest BCUT2D eigenvalue weighted by Gasteiger charge is 2.29. The summed E-state index contributed by atoms with van der Waals surface area (Å²) in [6.07, 6.45) is 5.49. The van der Waals surface area contributed by atoms with E-state index in [-0.39, 0.29) is 47.6 Å². The minimum atomic E-state index is -1.20. The van der Waals surface area contributed by atoms with Crippen LogP contribution in [0, 0.1) is 11.6 Å². The Morgan fingerprint density at radius 3 is 2.60 bits per heavy atom. The van der Waals surface area contributed by atoms with Gasteiger partial charge in [-0.05, 0) is 53.0 Å². The molecule has 0 saturated heterocycles. The van der Waals surface area contributed by atoms with E-state index in [4.69, 9.17) is 15.2 Å². The first kappa shape index (κ1) is 26.3. The van der Waals surface area contributed by atoms with E-state index in [1.165, 1.54) is 12.3 Å². The van der Waals surface area contributed by atoms with Gasteiger partial charge in [0.05, 0.1) is 17.5 Å². The van der Waals surface area contributed by atoms with Gasteiger partial charge in [-0.1, -0.05) is 12.2 Å². The van der Waals surface area contributed by atoms with Crippen molar-refractivity contribution in [2.24, 2.45) is 5.73 Å². The number of alkyl carbamates (subject to hydrolysis) is 1. The molecule has 8 nitrogen and oxygen atoms in total. The largest absolute Gasteiger partial charge is 0.462 e. The van der Waals surface area contributed by atoms with Gasteiger partial charge in [0.1, 0.15) is 11.2 Å². The number of esters is 1. The lowest BCUT2D eigenvalue weighted by molar-refractivity contribution is 0.0514. The summed E-state index contributed by atoms with van der Waals surface area (Å²) in [4.78, 5) is 37.1. The van der Waals surface area contributed by atoms with Crippen molar-refractivity contribution in [2.45, 2.75) is 64.6 Å². The van der Waals surface area contributed by atoms with Crippen molar-refractivity contribution in [3.8, 4) is 0 Å². The van der Waals surface area contributed by atoms with Gasteiger partial charge in [-0.25, -0.2) is 18.4 Å². The van der Waals surface area contributed by atoms with E-state index < -0.39 is 40.8 Å². The zero-order valence-electron chi connectivity index (χ0n) is 20.3. The van der Waals surface area contributed by atoms with Crippen LogP contribution in [0.25, 0.3) is 17.0 Å². The molecule has 1 aromatic heterocycles. The third-order valence-corrected chi connectivity index (χ3v) is 5.31. The molecule has 3 rings (SSSR count). The minimum absolute atomic E-state index is 0.0384. The first-order chi connectivity index (χ1) is 16.4. The number of hydrogen-bond donors (Lipinski definition) is 2. The Hall–Kier alpha value is -3.27. The summed E-state index contributed by atoms with van der Waals surface area (Å²) in [5.74, 6) is -3.11. The molecule has 1 atom stereocenters. The molecule has 0 aliphatic heterocycles. The normalized spacial score (nSPS) is 14.8. The summed E-state index contributed by atoms with van der Waals surface area (Å²) in [6, 6.07) is 0.272. The van der Waals surface area contributed by atoms with Gasteiger partial charge in [0.25, 0.3) is 0 Å². The van der Waals surface area contributed by atoms with E-state index >= 15 is 0 Å². The fourth-order valence-corrected chi connectivity index (χ4v) is 3.61. The number of pyridine rings is 1. The molecule has 1 aliphatic rings. The smallest absolute Gasteiger partial charge is 0.407 e. The SMILES string of the molecule is CCOC(=O)c1cn(C2CC2)c2c(/C=C\C[C@@H](N)CNC(=O)OC(C)(C)C)c(F)c(F)cc2c1=O. The van der Waals surface area contributed by atoms with Crippen LogP contribution in [0.15, 0.2) is 23.1 Å². The Morgan fingerprint density at radius 1 is 1.31 bits per heavy atom. The Labute approximate surface area is 202 Å². The maximum absolute atomic E-state index is 14.9. The zero-order chi connectivity index (χ0) is 25.9. The van der Waals surface area contributed by atoms with E-state index in [0.29, 0.717) is 0 Å². The summed E-state index contributed by atoms with van der Waals surface area (Å²) < 4.78 is 41.2. The molecule has 35 heavy (non-hydrogen) atoms. The van der Waals surface area contributed by atoms with Crippen LogP contribution in [-0.2, 0) is 9.47 Å². The lowest BCUT2D eigenvalue weighted by atomic mass is 10.0. The highest BCUT2D eigenvalue weighted by molar-refractivity contribution is 5.96. The van der Waals surface area contributed by atoms with Crippen LogP contribution in [0.3, 0.4) is 0 Å². The number of nitrogens with zero attached hydrogens (tertiary/aromatic N) is 1. The Kier molecular flexibility index (Phi) is 7.94. The topological polar surface area (TPSA) is 113 Å². The average Bonchev–Trinajstić information content (AvgIpc) is 3.60. The number of halogens is 2. The van der Waals surface area contributed by atoms with Gasteiger partial charge in [0, 0.05) is 30.4 Å². The maximum atomic E-state index is 14.9. The molecule has 0 unspecified atom stereocenters. The van der Waals surface area contributed by atoms with Gasteiger partial charge in [0.15, 0.2) is 11.6 Å². The second-order valence-electron chi connectivity index (χ2n) is 9.49. The van der Waals surface area contributed by atoms with E-state index in [9.17, 15) is 23.2 Å². The zero-order valence-corrected chi connectivity index (χ0v) is 20.3. The van der Waals surface area contributed by atoms with E-state index in [1.807, 2.05) is 0 Å². The van der Waals surface area contributed by atoms with Gasteiger partial charge in [0.2, 0.25) is 5.43 Å². The maximum Gasteiger partial charge on any atom is 0.407 e. The predicted molar refractivity (Wildman–Crippen MR) is 128 cm³/mol. The van der Waals surface area contributed by atoms with Crippen LogP contribution < -0.4 is 16.5 Å². The molecule has 10 heteroatoms. The first-order valence-corrected chi connectivity index (χ1v) is 11.6. The van der Waals surface area contributed by atoms with E-state index in [2.05, 4.69) is 5.32 Å². The van der Waals surface area contributed by atoms with Crippen molar-refractivity contribution in [1.82, 2.24) is 9.88 Å². The molecule has 1 amide bonds. The number of amides is 1. The molecule has 0 radical (unpaired) electrons. The monoisotopic (exact) mass is 491 g/mol. The number of hydrogen-bond acceptors (Lipinski definition) is 6. The number of benzene rings is 1. The molecule has 1 heterocycles. The van der Waals surface area contributed by atoms with Crippen molar-refractivity contribution >= 4 is 29.0 Å². The highest BCUT2D eigenvalue weighted by Crippen LogP contribution is 2.38. The number of carbonyl (C=O) groups is 2. The molecule has 0 spiro atoms. The number of fused-ring (bicyclic) bond motifs is 1. The number of carbonyl (C=O) groups excluding carboxylic acids is 2. The summed E-state index contributed by atoms with van der Waals surface area (Å²) in [6.45, 7) is 7.03. The van der Waals surface area contributed by atoms with Crippen LogP contribution in [-0.4, -0.2) is 41.4 Å². The Balaban J connectivity index is 1.91. The first-order valence-electron chi connectivity index (χ1n) is 11.6. The summed E-state index contributed by atoms with van der Waals surface area (Å²) in [5.41, 5.74) is 4.55. The van der Waals surface area contributed by atoms with Crippen LogP contribution in [0.5, 0.6) is 0 Å². The predicted octanol–water partition coefficient (Wildman–Crippen LogP) is 4.05. The van der Waals surface area contributed by atoms with Crippen molar-refractivity contribution < 1.29 is 27.8 Å². The molecule has 2 aromatic rings. The highest BCUT2D eigenvalue weighted by atomic mass is 19.2. The summed E-state index contributed by atoms with van der Waals surface area (Å²) in [5, 5.41) is 2.46. The second kappa shape index (κ2) is 10.6. The minimum Gasteiger partial charge on any atom is -0.462 e. The molecule has 1 aliphatic carbocycles. The van der Waals surface area contributed by atoms with E-state index in [1.54, 1.807) is 38.3 Å². The van der Waals surface area contributed by atoms with Gasteiger partial charge < -0.3 is 25.1 Å². The van der Waals surface area contributed by atoms with Crippen LogP contribution in [0.1, 0.15) is 68.9 Å². The van der Waals surface area contributed by atoms with Gasteiger partial charge in [-0.2, -0.15) is 0 Å². The number of ether oxygens (including phenoxy) is 2. The van der Waals surface area contributed by atoms with Gasteiger partial charge in [-0.15, -0.1) is 0 Å². The third-order valence-electron chi connectivity index (χ3n) is 5.31. The molecule has 190 valence electrons. The number of aromatic nitrogens is 1. The molecule has 3 N–H and O–H groups in total. The molecular weight excluding hydrogens is 460 g/mol. The fourth-order valence-electron chi connectivity index (χ4n) is 3.61. The Bertz CT molecular complexity index is 1210. The van der Waals surface area contributed by atoms with Gasteiger partial charge in [-0.3, -0.25) is 4.79 Å². The molecule has 1 fully saturated rings. The lowest BCUT2D eigenvalue weighted by Crippen LogP contribution is -2.39. The van der Waals surface area contributed by atoms with Crippen molar-refractivity contribution in [3.63, 3.8) is 0 Å². The number of nitrogens with one attached hydrogen (secondary N) is 1. The van der Waals surface area contributed by atoms with Crippen molar-refractivity contribution in [3.05, 3.63) is 51.3 Å². The third kappa shape index (κ3) is 6.45. The Morgan fingerprint density at radius 2 is 2.00 bits per heavy atom. The second-order valence-corrected chi connectivity index (χ2v) is 9.49. The fraction of sp³-hybridized carbons (Fsp3) is 0.480. The number of rotatable bonds is 8. The summed E-state index contributed by atoms with van der Waals surface area (Å²) >= 11 is 0. The quantitative estimate of drug-likeness (QED) is 0.539. The van der Waals surface area contributed by atoms with Crippen LogP contribution in [0.4, 0.5) is 13.6 Å². The molecule has 0 bridgehead atoms. The van der Waals surface area contributed by atoms with Crippen molar-refractivity contribution in [2.75, 3.05) is 13.2 Å². The van der Waals surface area contributed by atoms with Gasteiger partial charge >= 0.3 is 12.1 Å². The lowest BCUT2D eigenvalue weighted by Gasteiger charge is -2.20. The molecular formula is C25H31F2N3O5. The molecule has 1 saturated carbocycles. The standard InChI is InChI=1S/C25H31F2N3O5/c1-5-34-23(32)18-13-30(15-9-10-15)21-16(20(27)19(26)11-17(21)22(18)31)8-6-7-14(28)12-29-24(33)35-25(2,3)4/h6,8,11,13-15H,5,7,9-10,12,28H2,1-4H3,(H,29,33)/b8-6-/t14-/m1/s1. The van der Waals surface area contributed by atoms with Crippen molar-refractivity contribution in [1.29, 1.82) is 0 Å². The van der Waals surface area contributed by atoms with E-state index in [0.717, 1.165) is 18.9 Å². The molecule has 1 aromatic carbocycles.